The lowest BCUT2D eigenvalue weighted by molar-refractivity contribution is 0.471. The Morgan fingerprint density at radius 2 is 2.06 bits per heavy atom. The molecule has 0 saturated heterocycles. The molecule has 1 aromatic carbocycles. The van der Waals surface area contributed by atoms with E-state index in [-0.39, 0.29) is 0 Å². The highest BCUT2D eigenvalue weighted by molar-refractivity contribution is 7.17. The second kappa shape index (κ2) is 4.27. The molecule has 2 heterocycles. The Morgan fingerprint density at radius 3 is 2.89 bits per heavy atom. The first-order valence-electron chi connectivity index (χ1n) is 5.47. The van der Waals surface area contributed by atoms with E-state index in [1.807, 2.05) is 30.5 Å². The van der Waals surface area contributed by atoms with Gasteiger partial charge in [0.2, 0.25) is 5.88 Å². The van der Waals surface area contributed by atoms with E-state index in [2.05, 4.69) is 9.97 Å². The number of thiophene rings is 1. The number of hydrogen-bond acceptors (Lipinski definition) is 5. The van der Waals surface area contributed by atoms with Crippen LogP contribution in [-0.4, -0.2) is 9.97 Å². The second-order valence-electron chi connectivity index (χ2n) is 3.92. The number of nitrogen functional groups attached to an aromatic ring is 1. The summed E-state index contributed by atoms with van der Waals surface area (Å²) < 4.78 is 6.71. The molecule has 0 fully saturated rings. The lowest BCUT2D eigenvalue weighted by Crippen LogP contribution is -1.93. The molecule has 0 radical (unpaired) electrons. The molecule has 0 aliphatic heterocycles. The van der Waals surface area contributed by atoms with Gasteiger partial charge in [-0.2, -0.15) is 0 Å². The fourth-order valence-electron chi connectivity index (χ4n) is 1.70. The Labute approximate surface area is 108 Å². The highest BCUT2D eigenvalue weighted by Gasteiger charge is 2.10. The standard InChI is InChI=1S/C13H11N3OS/c1-8-6-18-12-11(8)15-7-16-13(12)17-10-5-3-2-4-9(10)14/h2-7H,14H2,1H3. The number of aryl methyl sites for hydroxylation is 1. The molecule has 90 valence electrons. The third-order valence-corrected chi connectivity index (χ3v) is 3.70. The van der Waals surface area contributed by atoms with Gasteiger partial charge in [0.15, 0.2) is 5.75 Å². The van der Waals surface area contributed by atoms with Gasteiger partial charge in [0.05, 0.1) is 11.2 Å². The summed E-state index contributed by atoms with van der Waals surface area (Å²) in [6, 6.07) is 7.37. The van der Waals surface area contributed by atoms with Crippen LogP contribution >= 0.6 is 11.3 Å². The maximum absolute atomic E-state index is 5.85. The van der Waals surface area contributed by atoms with Gasteiger partial charge in [-0.15, -0.1) is 11.3 Å². The first kappa shape index (κ1) is 11.0. The Balaban J connectivity index is 2.08. The number of para-hydroxylation sites is 2. The molecule has 0 bridgehead atoms. The van der Waals surface area contributed by atoms with E-state index in [9.17, 15) is 0 Å². The van der Waals surface area contributed by atoms with Gasteiger partial charge in [0, 0.05) is 0 Å². The topological polar surface area (TPSA) is 61.0 Å². The molecule has 0 amide bonds. The number of nitrogens with two attached hydrogens (primary N) is 1. The zero-order valence-electron chi connectivity index (χ0n) is 9.75. The van der Waals surface area contributed by atoms with Crippen LogP contribution in [0.5, 0.6) is 11.6 Å². The molecule has 18 heavy (non-hydrogen) atoms. The van der Waals surface area contributed by atoms with Gasteiger partial charge in [-0.3, -0.25) is 0 Å². The fraction of sp³-hybridized carbons (Fsp3) is 0.0769. The minimum absolute atomic E-state index is 0.552. The Hall–Kier alpha value is -2.14. The van der Waals surface area contributed by atoms with Gasteiger partial charge in [-0.05, 0) is 30.0 Å². The predicted octanol–water partition coefficient (Wildman–Crippen LogP) is 3.37. The Bertz CT molecular complexity index is 708. The first-order valence-corrected chi connectivity index (χ1v) is 6.35. The zero-order valence-corrected chi connectivity index (χ0v) is 10.6. The molecule has 0 aliphatic rings. The quantitative estimate of drug-likeness (QED) is 0.715. The summed E-state index contributed by atoms with van der Waals surface area (Å²) in [4.78, 5) is 8.43. The number of fused-ring (bicyclic) bond motifs is 1. The van der Waals surface area contributed by atoms with Crippen LogP contribution in [0, 0.1) is 6.92 Å². The summed E-state index contributed by atoms with van der Waals surface area (Å²) >= 11 is 1.57. The van der Waals surface area contributed by atoms with Gasteiger partial charge in [0.25, 0.3) is 0 Å². The third kappa shape index (κ3) is 1.78. The van der Waals surface area contributed by atoms with Crippen LogP contribution in [0.15, 0.2) is 36.0 Å². The maximum Gasteiger partial charge on any atom is 0.240 e. The number of hydrogen-bond donors (Lipinski definition) is 1. The lowest BCUT2D eigenvalue weighted by atomic mass is 10.3. The van der Waals surface area contributed by atoms with Crippen molar-refractivity contribution < 1.29 is 4.74 Å². The number of anilines is 1. The number of rotatable bonds is 2. The molecule has 0 atom stereocenters. The highest BCUT2D eigenvalue weighted by atomic mass is 32.1. The molecule has 2 aromatic heterocycles. The van der Waals surface area contributed by atoms with Crippen molar-refractivity contribution in [3.8, 4) is 11.6 Å². The van der Waals surface area contributed by atoms with Crippen molar-refractivity contribution >= 4 is 27.2 Å². The van der Waals surface area contributed by atoms with Gasteiger partial charge in [0.1, 0.15) is 11.0 Å². The summed E-state index contributed by atoms with van der Waals surface area (Å²) in [7, 11) is 0. The summed E-state index contributed by atoms with van der Waals surface area (Å²) in [6.45, 7) is 2.02. The predicted molar refractivity (Wildman–Crippen MR) is 73.1 cm³/mol. The Morgan fingerprint density at radius 1 is 1.22 bits per heavy atom. The van der Waals surface area contributed by atoms with Crippen LogP contribution in [0.4, 0.5) is 5.69 Å². The van der Waals surface area contributed by atoms with Gasteiger partial charge in [-0.1, -0.05) is 12.1 Å². The highest BCUT2D eigenvalue weighted by Crippen LogP contribution is 2.34. The fourth-order valence-corrected chi connectivity index (χ4v) is 2.62. The molecular weight excluding hydrogens is 246 g/mol. The van der Waals surface area contributed by atoms with Crippen molar-refractivity contribution in [3.63, 3.8) is 0 Å². The number of aromatic nitrogens is 2. The average molecular weight is 257 g/mol. The number of nitrogens with zero attached hydrogens (tertiary/aromatic N) is 2. The largest absolute Gasteiger partial charge is 0.435 e. The molecule has 0 spiro atoms. The smallest absolute Gasteiger partial charge is 0.240 e. The van der Waals surface area contributed by atoms with Crippen molar-refractivity contribution in [3.05, 3.63) is 41.5 Å². The van der Waals surface area contributed by atoms with E-state index in [1.54, 1.807) is 17.4 Å². The van der Waals surface area contributed by atoms with Gasteiger partial charge >= 0.3 is 0 Å². The van der Waals surface area contributed by atoms with E-state index in [0.717, 1.165) is 15.8 Å². The molecule has 3 aromatic rings. The summed E-state index contributed by atoms with van der Waals surface area (Å²) in [5.41, 5.74) is 8.51. The van der Waals surface area contributed by atoms with E-state index >= 15 is 0 Å². The molecular formula is C13H11N3OS. The molecule has 3 rings (SSSR count). The summed E-state index contributed by atoms with van der Waals surface area (Å²) in [5.74, 6) is 1.17. The normalized spacial score (nSPS) is 10.7. The van der Waals surface area contributed by atoms with Gasteiger partial charge in [-0.25, -0.2) is 9.97 Å². The molecule has 5 heteroatoms. The minimum atomic E-state index is 0.552. The second-order valence-corrected chi connectivity index (χ2v) is 4.79. The zero-order chi connectivity index (χ0) is 12.5. The van der Waals surface area contributed by atoms with E-state index < -0.39 is 0 Å². The monoisotopic (exact) mass is 257 g/mol. The number of benzene rings is 1. The third-order valence-electron chi connectivity index (χ3n) is 2.62. The molecule has 0 saturated carbocycles. The van der Waals surface area contributed by atoms with Crippen molar-refractivity contribution in [1.82, 2.24) is 9.97 Å². The molecule has 0 unspecified atom stereocenters. The van der Waals surface area contributed by atoms with E-state index in [4.69, 9.17) is 10.5 Å². The SMILES string of the molecule is Cc1csc2c(Oc3ccccc3N)ncnc12. The van der Waals surface area contributed by atoms with Crippen LogP contribution in [-0.2, 0) is 0 Å². The van der Waals surface area contributed by atoms with Crippen molar-refractivity contribution in [1.29, 1.82) is 0 Å². The van der Waals surface area contributed by atoms with Crippen molar-refractivity contribution in [2.24, 2.45) is 0 Å². The number of ether oxygens (including phenoxy) is 1. The molecule has 0 aliphatic carbocycles. The maximum atomic E-state index is 5.85. The van der Waals surface area contributed by atoms with Crippen LogP contribution in [0.3, 0.4) is 0 Å². The lowest BCUT2D eigenvalue weighted by Gasteiger charge is -2.07. The van der Waals surface area contributed by atoms with Crippen LogP contribution in [0.1, 0.15) is 5.56 Å². The van der Waals surface area contributed by atoms with E-state index in [0.29, 0.717) is 17.3 Å². The summed E-state index contributed by atoms with van der Waals surface area (Å²) in [6.07, 6.45) is 1.51. The molecule has 4 nitrogen and oxygen atoms in total. The van der Waals surface area contributed by atoms with Crippen molar-refractivity contribution in [2.45, 2.75) is 6.92 Å². The van der Waals surface area contributed by atoms with E-state index in [1.165, 1.54) is 6.33 Å². The van der Waals surface area contributed by atoms with Crippen molar-refractivity contribution in [2.75, 3.05) is 5.73 Å². The van der Waals surface area contributed by atoms with Crippen LogP contribution in [0.25, 0.3) is 10.2 Å². The van der Waals surface area contributed by atoms with Gasteiger partial charge < -0.3 is 10.5 Å². The van der Waals surface area contributed by atoms with Crippen LogP contribution < -0.4 is 10.5 Å². The van der Waals surface area contributed by atoms with Crippen LogP contribution in [0.2, 0.25) is 0 Å². The summed E-state index contributed by atoms with van der Waals surface area (Å²) in [5, 5.41) is 2.04. The molecule has 2 N–H and O–H groups in total. The average Bonchev–Trinajstić information content (AvgIpc) is 2.76. The minimum Gasteiger partial charge on any atom is -0.435 e. The first-order chi connectivity index (χ1) is 8.75. The Kier molecular flexibility index (Phi) is 2.60.